The van der Waals surface area contributed by atoms with Gasteiger partial charge in [0.25, 0.3) is 0 Å². The smallest absolute Gasteiger partial charge is 0.224 e. The van der Waals surface area contributed by atoms with Gasteiger partial charge in [-0.2, -0.15) is 0 Å². The molecule has 1 amide bonds. The van der Waals surface area contributed by atoms with Gasteiger partial charge in [-0.15, -0.1) is 0 Å². The number of carbonyl (C=O) groups is 1. The Labute approximate surface area is 124 Å². The summed E-state index contributed by atoms with van der Waals surface area (Å²) in [4.78, 5) is 12.3. The van der Waals surface area contributed by atoms with Gasteiger partial charge in [-0.3, -0.25) is 4.79 Å². The first-order chi connectivity index (χ1) is 9.94. The number of rotatable bonds is 2. The van der Waals surface area contributed by atoms with E-state index in [2.05, 4.69) is 5.32 Å². The van der Waals surface area contributed by atoms with E-state index in [1.165, 1.54) is 5.56 Å². The molecule has 2 aliphatic rings. The van der Waals surface area contributed by atoms with Crippen molar-refractivity contribution in [1.82, 2.24) is 5.32 Å². The minimum atomic E-state index is -3.02. The third kappa shape index (κ3) is 3.05. The molecule has 1 aliphatic carbocycles. The fraction of sp³-hybridized carbons (Fsp3) is 0.533. The van der Waals surface area contributed by atoms with Crippen molar-refractivity contribution in [3.63, 3.8) is 0 Å². The monoisotopic (exact) mass is 308 g/mol. The number of carbonyl (C=O) groups excluding carboxylic acids is 1. The molecule has 114 valence electrons. The van der Waals surface area contributed by atoms with E-state index in [-0.39, 0.29) is 23.5 Å². The lowest BCUT2D eigenvalue weighted by Crippen LogP contribution is -2.36. The van der Waals surface area contributed by atoms with Crippen LogP contribution >= 0.6 is 0 Å². The molecule has 1 aromatic carbocycles. The van der Waals surface area contributed by atoms with Crippen molar-refractivity contribution in [2.75, 3.05) is 17.2 Å². The van der Waals surface area contributed by atoms with Crippen LogP contribution in [0.3, 0.4) is 0 Å². The Kier molecular flexibility index (Phi) is 3.65. The molecular formula is C15H20N2O3S. The summed E-state index contributed by atoms with van der Waals surface area (Å²) in [5.74, 6) is -0.414. The van der Waals surface area contributed by atoms with E-state index in [1.807, 2.05) is 18.2 Å². The number of amides is 1. The number of fused-ring (bicyclic) bond motifs is 1. The van der Waals surface area contributed by atoms with Crippen LogP contribution in [0.25, 0.3) is 0 Å². The Morgan fingerprint density at radius 1 is 1.29 bits per heavy atom. The first-order valence-corrected chi connectivity index (χ1v) is 9.16. The van der Waals surface area contributed by atoms with E-state index < -0.39 is 15.8 Å². The van der Waals surface area contributed by atoms with Crippen LogP contribution in [0.4, 0.5) is 5.69 Å². The molecule has 1 aromatic rings. The van der Waals surface area contributed by atoms with Gasteiger partial charge >= 0.3 is 0 Å². The fourth-order valence-corrected chi connectivity index (χ4v) is 5.02. The molecule has 1 aliphatic heterocycles. The quantitative estimate of drug-likeness (QED) is 0.803. The van der Waals surface area contributed by atoms with Gasteiger partial charge in [0, 0.05) is 5.69 Å². The van der Waals surface area contributed by atoms with E-state index in [0.717, 1.165) is 30.5 Å². The molecule has 0 bridgehead atoms. The van der Waals surface area contributed by atoms with Crippen molar-refractivity contribution in [3.8, 4) is 0 Å². The largest absolute Gasteiger partial charge is 0.399 e. The number of nitrogen functional groups attached to an aromatic ring is 1. The summed E-state index contributed by atoms with van der Waals surface area (Å²) in [6.45, 7) is 0. The van der Waals surface area contributed by atoms with Crippen LogP contribution in [-0.4, -0.2) is 25.8 Å². The predicted octanol–water partition coefficient (Wildman–Crippen LogP) is 1.20. The summed E-state index contributed by atoms with van der Waals surface area (Å²) in [7, 11) is -3.02. The number of anilines is 1. The van der Waals surface area contributed by atoms with Crippen LogP contribution < -0.4 is 11.1 Å². The summed E-state index contributed by atoms with van der Waals surface area (Å²) in [6, 6.07) is 5.77. The van der Waals surface area contributed by atoms with Crippen molar-refractivity contribution < 1.29 is 13.2 Å². The second kappa shape index (κ2) is 5.33. The van der Waals surface area contributed by atoms with Crippen LogP contribution in [-0.2, 0) is 21.1 Å². The molecule has 5 nitrogen and oxygen atoms in total. The summed E-state index contributed by atoms with van der Waals surface area (Å²) >= 11 is 0. The summed E-state index contributed by atoms with van der Waals surface area (Å²) in [5.41, 5.74) is 8.84. The predicted molar refractivity (Wildman–Crippen MR) is 81.4 cm³/mol. The first-order valence-electron chi connectivity index (χ1n) is 7.34. The zero-order valence-corrected chi connectivity index (χ0v) is 12.7. The SMILES string of the molecule is Nc1ccc2c(c1)CCCC2NC(=O)C1CCS(=O)(=O)C1. The fourth-order valence-electron chi connectivity index (χ4n) is 3.28. The van der Waals surface area contributed by atoms with Crippen LogP contribution in [0.15, 0.2) is 18.2 Å². The van der Waals surface area contributed by atoms with Crippen LogP contribution in [0.1, 0.15) is 36.4 Å². The van der Waals surface area contributed by atoms with E-state index in [0.29, 0.717) is 6.42 Å². The maximum absolute atomic E-state index is 12.3. The Hall–Kier alpha value is -1.56. The third-order valence-corrected chi connectivity index (χ3v) is 6.17. The molecule has 6 heteroatoms. The van der Waals surface area contributed by atoms with Crippen molar-refractivity contribution in [3.05, 3.63) is 29.3 Å². The molecule has 0 radical (unpaired) electrons. The summed E-state index contributed by atoms with van der Waals surface area (Å²) in [6.07, 6.45) is 3.31. The van der Waals surface area contributed by atoms with Crippen molar-refractivity contribution >= 4 is 21.4 Å². The zero-order valence-electron chi connectivity index (χ0n) is 11.8. The zero-order chi connectivity index (χ0) is 15.0. The highest BCUT2D eigenvalue weighted by molar-refractivity contribution is 7.91. The molecule has 0 spiro atoms. The molecule has 3 N–H and O–H groups in total. The topological polar surface area (TPSA) is 89.3 Å². The van der Waals surface area contributed by atoms with Gasteiger partial charge in [-0.1, -0.05) is 6.07 Å². The number of nitrogens with two attached hydrogens (primary N) is 1. The average Bonchev–Trinajstić information content (AvgIpc) is 2.79. The lowest BCUT2D eigenvalue weighted by atomic mass is 9.87. The van der Waals surface area contributed by atoms with Gasteiger partial charge in [0.05, 0.1) is 23.5 Å². The van der Waals surface area contributed by atoms with Crippen molar-refractivity contribution in [2.45, 2.75) is 31.7 Å². The minimum absolute atomic E-state index is 0.0137. The second-order valence-corrected chi connectivity index (χ2v) is 8.24. The van der Waals surface area contributed by atoms with E-state index in [9.17, 15) is 13.2 Å². The lowest BCUT2D eigenvalue weighted by Gasteiger charge is -2.27. The third-order valence-electron chi connectivity index (χ3n) is 4.40. The Morgan fingerprint density at radius 2 is 2.10 bits per heavy atom. The molecule has 1 fully saturated rings. The van der Waals surface area contributed by atoms with E-state index in [1.54, 1.807) is 0 Å². The van der Waals surface area contributed by atoms with Crippen LogP contribution in [0.5, 0.6) is 0 Å². The molecule has 3 rings (SSSR count). The van der Waals surface area contributed by atoms with Gasteiger partial charge < -0.3 is 11.1 Å². The van der Waals surface area contributed by atoms with E-state index >= 15 is 0 Å². The Bertz CT molecular complexity index is 669. The Morgan fingerprint density at radius 3 is 2.81 bits per heavy atom. The van der Waals surface area contributed by atoms with Crippen molar-refractivity contribution in [2.24, 2.45) is 5.92 Å². The Balaban J connectivity index is 1.73. The van der Waals surface area contributed by atoms with Crippen LogP contribution in [0, 0.1) is 5.92 Å². The normalized spacial score (nSPS) is 27.0. The van der Waals surface area contributed by atoms with Gasteiger partial charge in [0.1, 0.15) is 0 Å². The van der Waals surface area contributed by atoms with Gasteiger partial charge in [0.15, 0.2) is 9.84 Å². The van der Waals surface area contributed by atoms with Gasteiger partial charge in [-0.05, 0) is 48.9 Å². The highest BCUT2D eigenvalue weighted by Crippen LogP contribution is 2.31. The lowest BCUT2D eigenvalue weighted by molar-refractivity contribution is -0.125. The molecule has 0 saturated carbocycles. The molecule has 1 heterocycles. The maximum Gasteiger partial charge on any atom is 0.224 e. The average molecular weight is 308 g/mol. The van der Waals surface area contributed by atoms with Crippen LogP contribution in [0.2, 0.25) is 0 Å². The minimum Gasteiger partial charge on any atom is -0.399 e. The second-order valence-electron chi connectivity index (χ2n) is 6.01. The van der Waals surface area contributed by atoms with Gasteiger partial charge in [0.2, 0.25) is 5.91 Å². The molecule has 21 heavy (non-hydrogen) atoms. The number of sulfone groups is 1. The first kappa shape index (κ1) is 14.4. The molecule has 2 unspecified atom stereocenters. The van der Waals surface area contributed by atoms with E-state index in [4.69, 9.17) is 5.73 Å². The van der Waals surface area contributed by atoms with Crippen molar-refractivity contribution in [1.29, 1.82) is 0 Å². The number of hydrogen-bond acceptors (Lipinski definition) is 4. The molecule has 2 atom stereocenters. The number of benzene rings is 1. The maximum atomic E-state index is 12.3. The molecular weight excluding hydrogens is 288 g/mol. The number of nitrogens with one attached hydrogen (secondary N) is 1. The number of aryl methyl sites for hydroxylation is 1. The van der Waals surface area contributed by atoms with Gasteiger partial charge in [-0.25, -0.2) is 8.42 Å². The number of hydrogen-bond donors (Lipinski definition) is 2. The summed E-state index contributed by atoms with van der Waals surface area (Å²) < 4.78 is 23.0. The standard InChI is InChI=1S/C15H20N2O3S/c16-12-4-5-13-10(8-12)2-1-3-14(13)17-15(18)11-6-7-21(19,20)9-11/h4-5,8,11,14H,1-3,6-7,9,16H2,(H,17,18). The molecule has 1 saturated heterocycles. The molecule has 0 aromatic heterocycles. The highest BCUT2D eigenvalue weighted by Gasteiger charge is 2.34. The summed E-state index contributed by atoms with van der Waals surface area (Å²) in [5, 5.41) is 3.03. The highest BCUT2D eigenvalue weighted by atomic mass is 32.2.